The largest absolute Gasteiger partial charge is 0.434 e. The Morgan fingerprint density at radius 1 is 1.07 bits per heavy atom. The first-order chi connectivity index (χ1) is 13.0. The topological polar surface area (TPSA) is 64.9 Å². The molecule has 0 unspecified atom stereocenters. The van der Waals surface area contributed by atoms with Crippen molar-refractivity contribution < 1.29 is 13.5 Å². The van der Waals surface area contributed by atoms with Gasteiger partial charge in [0, 0.05) is 15.6 Å². The minimum atomic E-state index is -2.98. The van der Waals surface area contributed by atoms with Crippen LogP contribution in [0.2, 0.25) is 10.0 Å². The second-order valence-electron chi connectivity index (χ2n) is 5.67. The standard InChI is InChI=1S/C17H11Cl2F2N5O/c18-10-3-1-9(2-4-10)14-8-13(22-17-23-24-25-26(14)17)12-6-5-11(19)7-15(12)27-16(20)21/h1-8,14,16H,(H,22,23,25)/t14-/m1/s1. The van der Waals surface area contributed by atoms with Gasteiger partial charge in [0.1, 0.15) is 11.8 Å². The molecule has 4 rings (SSSR count). The highest BCUT2D eigenvalue weighted by Crippen LogP contribution is 2.36. The minimum absolute atomic E-state index is 0.0490. The highest BCUT2D eigenvalue weighted by atomic mass is 35.5. The maximum Gasteiger partial charge on any atom is 0.387 e. The van der Waals surface area contributed by atoms with Crippen LogP contribution in [0.4, 0.5) is 14.7 Å². The van der Waals surface area contributed by atoms with Gasteiger partial charge in [0.2, 0.25) is 5.95 Å². The van der Waals surface area contributed by atoms with Crippen LogP contribution < -0.4 is 10.1 Å². The van der Waals surface area contributed by atoms with E-state index < -0.39 is 6.61 Å². The molecule has 0 radical (unpaired) electrons. The fraction of sp³-hybridized carbons (Fsp3) is 0.118. The Kier molecular flexibility index (Phi) is 4.67. The van der Waals surface area contributed by atoms with Gasteiger partial charge in [-0.1, -0.05) is 40.4 Å². The van der Waals surface area contributed by atoms with E-state index in [1.807, 2.05) is 18.2 Å². The van der Waals surface area contributed by atoms with Crippen LogP contribution in [0.15, 0.2) is 48.5 Å². The molecule has 10 heteroatoms. The van der Waals surface area contributed by atoms with Crippen LogP contribution in [0.1, 0.15) is 17.2 Å². The number of anilines is 1. The lowest BCUT2D eigenvalue weighted by Crippen LogP contribution is -2.20. The van der Waals surface area contributed by atoms with Crippen LogP contribution in [-0.2, 0) is 0 Å². The number of hydrogen-bond donors (Lipinski definition) is 1. The lowest BCUT2D eigenvalue weighted by molar-refractivity contribution is -0.0500. The molecule has 1 aliphatic heterocycles. The molecule has 1 aliphatic rings. The zero-order chi connectivity index (χ0) is 19.0. The first-order valence-electron chi connectivity index (χ1n) is 7.78. The van der Waals surface area contributed by atoms with Crippen LogP contribution in [-0.4, -0.2) is 26.8 Å². The smallest absolute Gasteiger partial charge is 0.387 e. The van der Waals surface area contributed by atoms with Crippen LogP contribution >= 0.6 is 23.2 Å². The average molecular weight is 410 g/mol. The second-order valence-corrected chi connectivity index (χ2v) is 6.54. The number of nitrogens with zero attached hydrogens (tertiary/aromatic N) is 4. The highest BCUT2D eigenvalue weighted by Gasteiger charge is 2.26. The molecule has 0 amide bonds. The van der Waals surface area contributed by atoms with E-state index in [0.717, 1.165) is 5.56 Å². The summed E-state index contributed by atoms with van der Waals surface area (Å²) in [6, 6.07) is 11.4. The van der Waals surface area contributed by atoms with Gasteiger partial charge in [-0.25, -0.2) is 0 Å². The van der Waals surface area contributed by atoms with Crippen molar-refractivity contribution in [1.29, 1.82) is 0 Å². The summed E-state index contributed by atoms with van der Waals surface area (Å²) in [5.74, 6) is 0.317. The Hall–Kier alpha value is -2.71. The summed E-state index contributed by atoms with van der Waals surface area (Å²) in [5, 5.41) is 15.5. The first-order valence-corrected chi connectivity index (χ1v) is 8.54. The van der Waals surface area contributed by atoms with Crippen LogP contribution in [0.3, 0.4) is 0 Å². The number of tetrazole rings is 1. The molecular formula is C17H11Cl2F2N5O. The summed E-state index contributed by atoms with van der Waals surface area (Å²) < 4.78 is 31.8. The molecule has 0 saturated carbocycles. The summed E-state index contributed by atoms with van der Waals surface area (Å²) in [6.07, 6.45) is 1.81. The lowest BCUT2D eigenvalue weighted by Gasteiger charge is -2.24. The molecule has 27 heavy (non-hydrogen) atoms. The minimum Gasteiger partial charge on any atom is -0.434 e. The molecule has 0 aliphatic carbocycles. The SMILES string of the molecule is FC(F)Oc1cc(Cl)ccc1C1=C[C@H](c2ccc(Cl)cc2)n2nnnc2N1. The molecule has 3 aromatic rings. The second kappa shape index (κ2) is 7.13. The third kappa shape index (κ3) is 3.58. The number of alkyl halides is 2. The maximum absolute atomic E-state index is 12.8. The van der Waals surface area contributed by atoms with Gasteiger partial charge < -0.3 is 10.1 Å². The fourth-order valence-corrected chi connectivity index (χ4v) is 3.11. The average Bonchev–Trinajstić information content (AvgIpc) is 3.10. The molecule has 0 bridgehead atoms. The number of rotatable bonds is 4. The number of nitrogens with one attached hydrogen (secondary N) is 1. The molecule has 0 fully saturated rings. The number of aromatic nitrogens is 4. The number of halogens is 4. The quantitative estimate of drug-likeness (QED) is 0.679. The van der Waals surface area contributed by atoms with E-state index in [1.54, 1.807) is 28.9 Å². The fourth-order valence-electron chi connectivity index (χ4n) is 2.82. The van der Waals surface area contributed by atoms with Crippen molar-refractivity contribution in [3.63, 3.8) is 0 Å². The van der Waals surface area contributed by atoms with Gasteiger partial charge in [0.25, 0.3) is 0 Å². The molecular weight excluding hydrogens is 399 g/mol. The van der Waals surface area contributed by atoms with Gasteiger partial charge in [-0.3, -0.25) is 0 Å². The number of allylic oxidation sites excluding steroid dienone is 1. The Morgan fingerprint density at radius 3 is 2.56 bits per heavy atom. The predicted octanol–water partition coefficient (Wildman–Crippen LogP) is 4.64. The van der Waals surface area contributed by atoms with Crippen LogP contribution in [0, 0.1) is 0 Å². The number of ether oxygens (including phenoxy) is 1. The Morgan fingerprint density at radius 2 is 1.81 bits per heavy atom. The van der Waals surface area contributed by atoms with Gasteiger partial charge in [0.05, 0.1) is 5.70 Å². The van der Waals surface area contributed by atoms with Gasteiger partial charge >= 0.3 is 6.61 Å². The van der Waals surface area contributed by atoms with Crippen molar-refractivity contribution in [2.24, 2.45) is 0 Å². The highest BCUT2D eigenvalue weighted by molar-refractivity contribution is 6.31. The summed E-state index contributed by atoms with van der Waals surface area (Å²) in [4.78, 5) is 0. The van der Waals surface area contributed by atoms with Gasteiger partial charge in [-0.2, -0.15) is 13.5 Å². The predicted molar refractivity (Wildman–Crippen MR) is 97.1 cm³/mol. The maximum atomic E-state index is 12.8. The molecule has 1 aromatic heterocycles. The Balaban J connectivity index is 1.81. The molecule has 6 nitrogen and oxygen atoms in total. The summed E-state index contributed by atoms with van der Waals surface area (Å²) in [6.45, 7) is -2.98. The lowest BCUT2D eigenvalue weighted by atomic mass is 10.0. The van der Waals surface area contributed by atoms with Gasteiger partial charge in [-0.05, 0) is 52.4 Å². The van der Waals surface area contributed by atoms with Crippen molar-refractivity contribution in [2.45, 2.75) is 12.7 Å². The molecule has 2 aromatic carbocycles. The first kappa shape index (κ1) is 17.7. The third-order valence-electron chi connectivity index (χ3n) is 3.99. The zero-order valence-electron chi connectivity index (χ0n) is 13.5. The van der Waals surface area contributed by atoms with E-state index in [-0.39, 0.29) is 16.8 Å². The third-order valence-corrected chi connectivity index (χ3v) is 4.48. The van der Waals surface area contributed by atoms with Crippen molar-refractivity contribution >= 4 is 34.8 Å². The van der Waals surface area contributed by atoms with E-state index in [0.29, 0.717) is 22.2 Å². The van der Waals surface area contributed by atoms with Crippen molar-refractivity contribution in [1.82, 2.24) is 20.2 Å². The monoisotopic (exact) mass is 409 g/mol. The molecule has 0 saturated heterocycles. The van der Waals surface area contributed by atoms with E-state index in [2.05, 4.69) is 25.6 Å². The number of hydrogen-bond acceptors (Lipinski definition) is 5. The number of benzene rings is 2. The molecule has 0 spiro atoms. The van der Waals surface area contributed by atoms with E-state index >= 15 is 0 Å². The van der Waals surface area contributed by atoms with E-state index in [9.17, 15) is 8.78 Å². The number of fused-ring (bicyclic) bond motifs is 1. The Labute approximate surface area is 162 Å². The molecule has 1 atom stereocenters. The van der Waals surface area contributed by atoms with E-state index in [1.165, 1.54) is 6.07 Å². The van der Waals surface area contributed by atoms with Crippen molar-refractivity contribution in [2.75, 3.05) is 5.32 Å². The molecule has 138 valence electrons. The summed E-state index contributed by atoms with van der Waals surface area (Å²) in [7, 11) is 0. The normalized spacial score (nSPS) is 15.9. The molecule has 2 heterocycles. The van der Waals surface area contributed by atoms with Gasteiger partial charge in [-0.15, -0.1) is 0 Å². The van der Waals surface area contributed by atoms with Crippen LogP contribution in [0.25, 0.3) is 5.70 Å². The summed E-state index contributed by atoms with van der Waals surface area (Å²) in [5.41, 5.74) is 1.80. The molecule has 1 N–H and O–H groups in total. The van der Waals surface area contributed by atoms with Crippen molar-refractivity contribution in [3.05, 3.63) is 69.7 Å². The summed E-state index contributed by atoms with van der Waals surface area (Å²) >= 11 is 11.9. The Bertz CT molecular complexity index is 1010. The van der Waals surface area contributed by atoms with Crippen LogP contribution in [0.5, 0.6) is 5.75 Å². The zero-order valence-corrected chi connectivity index (χ0v) is 15.0. The van der Waals surface area contributed by atoms with Gasteiger partial charge in [0.15, 0.2) is 0 Å². The van der Waals surface area contributed by atoms with Crippen molar-refractivity contribution in [3.8, 4) is 5.75 Å². The van der Waals surface area contributed by atoms with E-state index in [4.69, 9.17) is 23.2 Å².